The zero-order valence-corrected chi connectivity index (χ0v) is 34.3. The van der Waals surface area contributed by atoms with Gasteiger partial charge in [-0.1, -0.05) is 144 Å². The normalized spacial score (nSPS) is 14.2. The summed E-state index contributed by atoms with van der Waals surface area (Å²) in [6, 6.07) is 69.9. The molecule has 2 heterocycles. The van der Waals surface area contributed by atoms with Crippen LogP contribution in [0.4, 0.5) is 51.2 Å². The SMILES string of the molecule is CC(C)(C)c1cc2c3c(c1)N(c1ccc4c(c1)-c1ccccc1C4(C)C)c1cc(N(c4ccccc4)c4ccccc4)ccc1B3c1ccccc1N2c1ccccc1. The van der Waals surface area contributed by atoms with Crippen molar-refractivity contribution in [1.82, 2.24) is 0 Å². The third-order valence-electron chi connectivity index (χ3n) is 13.0. The molecule has 0 amide bonds. The fraction of sp³-hybridized carbons (Fsp3) is 0.127. The lowest BCUT2D eigenvalue weighted by Crippen LogP contribution is -2.61. The van der Waals surface area contributed by atoms with E-state index in [0.29, 0.717) is 0 Å². The van der Waals surface area contributed by atoms with E-state index in [9.17, 15) is 0 Å². The van der Waals surface area contributed by atoms with Gasteiger partial charge in [0.15, 0.2) is 0 Å². The molecule has 0 bridgehead atoms. The predicted octanol–water partition coefficient (Wildman–Crippen LogP) is 12.8. The topological polar surface area (TPSA) is 9.72 Å². The van der Waals surface area contributed by atoms with Crippen molar-refractivity contribution >= 4 is 74.3 Å². The van der Waals surface area contributed by atoms with Crippen LogP contribution in [-0.4, -0.2) is 6.71 Å². The number of para-hydroxylation sites is 4. The summed E-state index contributed by atoms with van der Waals surface area (Å²) in [5.41, 5.74) is 21.1. The smallest absolute Gasteiger partial charge is 0.252 e. The highest BCUT2D eigenvalue weighted by Gasteiger charge is 2.45. The Morgan fingerprint density at radius 1 is 0.441 bits per heavy atom. The number of hydrogen-bond donors (Lipinski definition) is 0. The Bertz CT molecular complexity index is 2870. The average Bonchev–Trinajstić information content (AvgIpc) is 3.49. The summed E-state index contributed by atoms with van der Waals surface area (Å²) in [7, 11) is 0. The van der Waals surface area contributed by atoms with E-state index in [4.69, 9.17) is 0 Å². The standard InChI is InChI=1S/C55H46BN3/c1-54(2,3)37-33-51-53-52(34-37)59(41-29-31-46-44(35-41)43-25-15-16-26-45(43)55(46,4)5)50-36-42(57(38-19-9-6-10-20-38)39-21-11-7-12-22-39)30-32-48(50)56(53)47-27-17-18-28-49(47)58(51)40-23-13-8-14-24-40/h6-36H,1-5H3. The lowest BCUT2D eigenvalue weighted by atomic mass is 9.33. The molecule has 8 aromatic rings. The van der Waals surface area contributed by atoms with Gasteiger partial charge >= 0.3 is 0 Å². The van der Waals surface area contributed by atoms with Crippen molar-refractivity contribution in [3.8, 4) is 11.1 Å². The van der Waals surface area contributed by atoms with Crippen molar-refractivity contribution in [2.75, 3.05) is 14.7 Å². The minimum Gasteiger partial charge on any atom is -0.311 e. The van der Waals surface area contributed by atoms with Gasteiger partial charge in [-0.25, -0.2) is 0 Å². The second kappa shape index (κ2) is 13.1. The first-order chi connectivity index (χ1) is 28.7. The highest BCUT2D eigenvalue weighted by molar-refractivity contribution is 7.00. The van der Waals surface area contributed by atoms with E-state index in [0.717, 1.165) is 28.4 Å². The third-order valence-corrected chi connectivity index (χ3v) is 13.0. The molecule has 0 fully saturated rings. The first-order valence-corrected chi connectivity index (χ1v) is 20.9. The molecule has 0 radical (unpaired) electrons. The Labute approximate surface area is 348 Å². The van der Waals surface area contributed by atoms with E-state index in [-0.39, 0.29) is 17.5 Å². The largest absolute Gasteiger partial charge is 0.311 e. The van der Waals surface area contributed by atoms with Crippen LogP contribution in [0.25, 0.3) is 11.1 Å². The predicted molar refractivity (Wildman–Crippen MR) is 251 cm³/mol. The fourth-order valence-electron chi connectivity index (χ4n) is 10.1. The van der Waals surface area contributed by atoms with Crippen LogP contribution in [0.2, 0.25) is 0 Å². The number of hydrogen-bond acceptors (Lipinski definition) is 3. The zero-order chi connectivity index (χ0) is 40.0. The quantitative estimate of drug-likeness (QED) is 0.162. The Hall–Kier alpha value is -6.78. The van der Waals surface area contributed by atoms with Crippen LogP contribution in [0.15, 0.2) is 188 Å². The molecule has 11 rings (SSSR count). The molecular formula is C55H46BN3. The maximum absolute atomic E-state index is 2.59. The van der Waals surface area contributed by atoms with Crippen molar-refractivity contribution in [1.29, 1.82) is 0 Å². The van der Waals surface area contributed by atoms with E-state index in [1.165, 1.54) is 67.0 Å². The van der Waals surface area contributed by atoms with Crippen molar-refractivity contribution < 1.29 is 0 Å². The molecule has 3 nitrogen and oxygen atoms in total. The van der Waals surface area contributed by atoms with Gasteiger partial charge in [0.1, 0.15) is 0 Å². The van der Waals surface area contributed by atoms with Gasteiger partial charge in [-0.3, -0.25) is 0 Å². The van der Waals surface area contributed by atoms with Gasteiger partial charge < -0.3 is 14.7 Å². The monoisotopic (exact) mass is 759 g/mol. The summed E-state index contributed by atoms with van der Waals surface area (Å²) < 4.78 is 0. The number of nitrogens with zero attached hydrogens (tertiary/aromatic N) is 3. The molecule has 0 aromatic heterocycles. The number of benzene rings is 8. The maximum Gasteiger partial charge on any atom is 0.252 e. The molecule has 284 valence electrons. The molecule has 2 aliphatic heterocycles. The van der Waals surface area contributed by atoms with E-state index in [1.54, 1.807) is 0 Å². The van der Waals surface area contributed by atoms with Gasteiger partial charge in [0.25, 0.3) is 6.71 Å². The lowest BCUT2D eigenvalue weighted by Gasteiger charge is -2.45. The molecule has 8 aromatic carbocycles. The summed E-state index contributed by atoms with van der Waals surface area (Å²) in [5, 5.41) is 0. The molecular weight excluding hydrogens is 713 g/mol. The van der Waals surface area contributed by atoms with Crippen LogP contribution in [0, 0.1) is 0 Å². The Kier molecular flexibility index (Phi) is 7.87. The van der Waals surface area contributed by atoms with Gasteiger partial charge in [0.2, 0.25) is 0 Å². The molecule has 0 atom stereocenters. The molecule has 3 aliphatic rings. The van der Waals surface area contributed by atoms with Crippen LogP contribution in [0.3, 0.4) is 0 Å². The molecule has 0 spiro atoms. The van der Waals surface area contributed by atoms with Crippen LogP contribution >= 0.6 is 0 Å². The van der Waals surface area contributed by atoms with Gasteiger partial charge in [-0.05, 0) is 128 Å². The van der Waals surface area contributed by atoms with Crippen LogP contribution in [0.5, 0.6) is 0 Å². The minimum absolute atomic E-state index is 0.0291. The summed E-state index contributed by atoms with van der Waals surface area (Å²) in [5.74, 6) is 0. The zero-order valence-electron chi connectivity index (χ0n) is 34.3. The summed E-state index contributed by atoms with van der Waals surface area (Å²) in [4.78, 5) is 7.48. The summed E-state index contributed by atoms with van der Waals surface area (Å²) >= 11 is 0. The highest BCUT2D eigenvalue weighted by atomic mass is 15.2. The molecule has 0 N–H and O–H groups in total. The van der Waals surface area contributed by atoms with Crippen molar-refractivity contribution in [2.24, 2.45) is 0 Å². The number of anilines is 9. The fourth-order valence-corrected chi connectivity index (χ4v) is 10.1. The molecule has 0 unspecified atom stereocenters. The van der Waals surface area contributed by atoms with Crippen molar-refractivity contribution in [3.05, 3.63) is 205 Å². The molecule has 0 saturated heterocycles. The second-order valence-corrected chi connectivity index (χ2v) is 17.8. The van der Waals surface area contributed by atoms with Crippen molar-refractivity contribution in [2.45, 2.75) is 45.4 Å². The average molecular weight is 760 g/mol. The van der Waals surface area contributed by atoms with Crippen LogP contribution in [-0.2, 0) is 10.8 Å². The second-order valence-electron chi connectivity index (χ2n) is 17.8. The van der Waals surface area contributed by atoms with Crippen LogP contribution < -0.4 is 31.1 Å². The van der Waals surface area contributed by atoms with E-state index in [2.05, 4.69) is 237 Å². The first kappa shape index (κ1) is 35.4. The van der Waals surface area contributed by atoms with Gasteiger partial charge in [0.05, 0.1) is 0 Å². The summed E-state index contributed by atoms with van der Waals surface area (Å²) in [6.07, 6.45) is 0. The van der Waals surface area contributed by atoms with Gasteiger partial charge in [-0.15, -0.1) is 0 Å². The Morgan fingerprint density at radius 2 is 1.00 bits per heavy atom. The first-order valence-electron chi connectivity index (χ1n) is 20.9. The highest BCUT2D eigenvalue weighted by Crippen LogP contribution is 2.52. The van der Waals surface area contributed by atoms with Crippen LogP contribution in [0.1, 0.15) is 51.3 Å². The lowest BCUT2D eigenvalue weighted by molar-refractivity contribution is 0.590. The van der Waals surface area contributed by atoms with E-state index < -0.39 is 0 Å². The number of fused-ring (bicyclic) bond motifs is 7. The Morgan fingerprint density at radius 3 is 1.68 bits per heavy atom. The molecule has 59 heavy (non-hydrogen) atoms. The third kappa shape index (κ3) is 5.43. The van der Waals surface area contributed by atoms with Gasteiger partial charge in [0, 0.05) is 56.6 Å². The van der Waals surface area contributed by atoms with Crippen molar-refractivity contribution in [3.63, 3.8) is 0 Å². The maximum atomic E-state index is 2.59. The Balaban J connectivity index is 1.23. The summed E-state index contributed by atoms with van der Waals surface area (Å²) in [6.45, 7) is 11.8. The molecule has 1 aliphatic carbocycles. The number of rotatable bonds is 5. The molecule has 4 heteroatoms. The minimum atomic E-state index is -0.105. The van der Waals surface area contributed by atoms with E-state index >= 15 is 0 Å². The molecule has 0 saturated carbocycles. The van der Waals surface area contributed by atoms with Gasteiger partial charge in [-0.2, -0.15) is 0 Å². The van der Waals surface area contributed by atoms with E-state index in [1.807, 2.05) is 0 Å².